The molecular formula is C49H62. The molecule has 0 aliphatic heterocycles. The SMILES string of the molecule is CC(C)(C)C1=CC2=C(CCC2(C2c3ccc(C45CC6CC(CC(C6)C4)C5)cc3-c3cc(C45CC6CC(CC(C6)C4)C5)ccc32)C(C)(C)C)C1. The van der Waals surface area contributed by atoms with Crippen LogP contribution in [0, 0.1) is 51.8 Å². The van der Waals surface area contributed by atoms with Gasteiger partial charge in [-0.15, -0.1) is 0 Å². The Bertz CT molecular complexity index is 1660. The van der Waals surface area contributed by atoms with Crippen LogP contribution >= 0.6 is 0 Å². The van der Waals surface area contributed by atoms with E-state index >= 15 is 0 Å². The number of allylic oxidation sites excluding steroid dienone is 4. The molecule has 8 saturated carbocycles. The standard InChI is InChI=1S/C49H62/c1-45(2,3)38-19-35-11-12-49(43(35)22-38,46(4,5)6)44-39-9-7-36(47-23-29-13-30(24-47)15-31(14-29)25-47)20-41(39)42-21-37(8-10-40(42)44)48-26-32-16-33(27-48)18-34(17-32)28-48/h7-10,20-22,29-34,44H,11-19,23-28H2,1-6H3. The summed E-state index contributed by atoms with van der Waals surface area (Å²) in [6.07, 6.45) is 24.5. The van der Waals surface area contributed by atoms with Crippen LogP contribution in [0.15, 0.2) is 59.2 Å². The Hall–Kier alpha value is -2.08. The Morgan fingerprint density at radius 2 is 1.00 bits per heavy atom. The lowest BCUT2D eigenvalue weighted by molar-refractivity contribution is -0.00534. The minimum atomic E-state index is 0.125. The molecule has 0 amide bonds. The topological polar surface area (TPSA) is 0 Å². The van der Waals surface area contributed by atoms with Crippen molar-refractivity contribution in [3.63, 3.8) is 0 Å². The molecular weight excluding hydrogens is 589 g/mol. The summed E-state index contributed by atoms with van der Waals surface area (Å²) in [4.78, 5) is 0. The molecule has 2 aromatic rings. The van der Waals surface area contributed by atoms with Gasteiger partial charge in [-0.25, -0.2) is 0 Å². The van der Waals surface area contributed by atoms with Crippen molar-refractivity contribution in [1.29, 1.82) is 0 Å². The molecule has 0 heterocycles. The summed E-state index contributed by atoms with van der Waals surface area (Å²) < 4.78 is 0. The minimum absolute atomic E-state index is 0.125. The van der Waals surface area contributed by atoms with Crippen molar-refractivity contribution in [2.75, 3.05) is 0 Å². The summed E-state index contributed by atoms with van der Waals surface area (Å²) in [5, 5.41) is 0. The zero-order valence-corrected chi connectivity index (χ0v) is 31.7. The second-order valence-electron chi connectivity index (χ2n) is 22.3. The van der Waals surface area contributed by atoms with Gasteiger partial charge in [0.2, 0.25) is 0 Å². The highest BCUT2D eigenvalue weighted by atomic mass is 14.6. The maximum atomic E-state index is 2.83. The van der Waals surface area contributed by atoms with E-state index < -0.39 is 0 Å². The molecule has 8 bridgehead atoms. The molecule has 0 spiro atoms. The monoisotopic (exact) mass is 650 g/mol. The maximum absolute atomic E-state index is 2.83. The van der Waals surface area contributed by atoms with Crippen molar-refractivity contribution in [1.82, 2.24) is 0 Å². The molecule has 1 unspecified atom stereocenters. The fourth-order valence-electron chi connectivity index (χ4n) is 16.2. The molecule has 1 atom stereocenters. The van der Waals surface area contributed by atoms with E-state index in [0.29, 0.717) is 16.7 Å². The summed E-state index contributed by atoms with van der Waals surface area (Å²) in [6, 6.07) is 16.5. The molecule has 258 valence electrons. The third kappa shape index (κ3) is 4.10. The number of benzene rings is 2. The van der Waals surface area contributed by atoms with E-state index in [0.717, 1.165) is 35.5 Å². The largest absolute Gasteiger partial charge is 0.0623 e. The van der Waals surface area contributed by atoms with Crippen LogP contribution in [0.2, 0.25) is 0 Å². The molecule has 13 rings (SSSR count). The van der Waals surface area contributed by atoms with Crippen LogP contribution in [0.1, 0.15) is 166 Å². The third-order valence-corrected chi connectivity index (χ3v) is 17.5. The molecule has 0 heteroatoms. The second-order valence-corrected chi connectivity index (χ2v) is 22.3. The maximum Gasteiger partial charge on any atom is 0.0204 e. The van der Waals surface area contributed by atoms with E-state index in [1.54, 1.807) is 50.1 Å². The first-order valence-corrected chi connectivity index (χ1v) is 21.1. The van der Waals surface area contributed by atoms with E-state index in [1.807, 2.05) is 0 Å². The molecule has 0 aromatic heterocycles. The molecule has 0 nitrogen and oxygen atoms in total. The zero-order chi connectivity index (χ0) is 33.3. The average molecular weight is 651 g/mol. The summed E-state index contributed by atoms with van der Waals surface area (Å²) in [5.41, 5.74) is 16.7. The molecule has 0 saturated heterocycles. The van der Waals surface area contributed by atoms with Crippen molar-refractivity contribution < 1.29 is 0 Å². The van der Waals surface area contributed by atoms with Crippen LogP contribution in [0.25, 0.3) is 11.1 Å². The van der Waals surface area contributed by atoms with Crippen molar-refractivity contribution in [2.45, 2.75) is 155 Å². The lowest BCUT2D eigenvalue weighted by Crippen LogP contribution is -2.48. The highest BCUT2D eigenvalue weighted by Gasteiger charge is 2.59. The summed E-state index contributed by atoms with van der Waals surface area (Å²) in [5.74, 6) is 6.37. The molecule has 0 N–H and O–H groups in total. The van der Waals surface area contributed by atoms with Gasteiger partial charge < -0.3 is 0 Å². The van der Waals surface area contributed by atoms with E-state index in [4.69, 9.17) is 0 Å². The first kappa shape index (κ1) is 30.5. The van der Waals surface area contributed by atoms with E-state index in [-0.39, 0.29) is 16.2 Å². The Labute approximate surface area is 298 Å². The van der Waals surface area contributed by atoms with Crippen LogP contribution in [-0.4, -0.2) is 0 Å². The van der Waals surface area contributed by atoms with Gasteiger partial charge in [-0.1, -0.05) is 95.2 Å². The van der Waals surface area contributed by atoms with Gasteiger partial charge in [0.05, 0.1) is 0 Å². The number of hydrogen-bond donors (Lipinski definition) is 0. The smallest absolute Gasteiger partial charge is 0.0204 e. The van der Waals surface area contributed by atoms with Gasteiger partial charge in [-0.05, 0) is 192 Å². The van der Waals surface area contributed by atoms with Crippen LogP contribution < -0.4 is 0 Å². The first-order chi connectivity index (χ1) is 23.3. The van der Waals surface area contributed by atoms with Crippen LogP contribution in [0.3, 0.4) is 0 Å². The Balaban J connectivity index is 1.10. The quantitative estimate of drug-likeness (QED) is 0.310. The highest BCUT2D eigenvalue weighted by molar-refractivity contribution is 5.82. The molecule has 0 radical (unpaired) electrons. The zero-order valence-electron chi connectivity index (χ0n) is 31.7. The summed E-state index contributed by atoms with van der Waals surface area (Å²) >= 11 is 0. The van der Waals surface area contributed by atoms with Crippen LogP contribution in [-0.2, 0) is 10.8 Å². The summed E-state index contributed by atoms with van der Waals surface area (Å²) in [6.45, 7) is 15.1. The Morgan fingerprint density at radius 1 is 0.571 bits per heavy atom. The predicted octanol–water partition coefficient (Wildman–Crippen LogP) is 13.2. The molecule has 11 aliphatic carbocycles. The van der Waals surface area contributed by atoms with Gasteiger partial charge in [-0.2, -0.15) is 0 Å². The molecule has 2 aromatic carbocycles. The van der Waals surface area contributed by atoms with Crippen molar-refractivity contribution in [2.24, 2.45) is 51.8 Å². The van der Waals surface area contributed by atoms with Crippen LogP contribution in [0.4, 0.5) is 0 Å². The highest BCUT2D eigenvalue weighted by Crippen LogP contribution is 2.70. The van der Waals surface area contributed by atoms with Gasteiger partial charge in [0.15, 0.2) is 0 Å². The van der Waals surface area contributed by atoms with Crippen LogP contribution in [0.5, 0.6) is 0 Å². The van der Waals surface area contributed by atoms with Gasteiger partial charge in [-0.3, -0.25) is 0 Å². The number of hydrogen-bond acceptors (Lipinski definition) is 0. The summed E-state index contributed by atoms with van der Waals surface area (Å²) in [7, 11) is 0. The van der Waals surface area contributed by atoms with E-state index in [2.05, 4.69) is 84.0 Å². The molecule has 49 heavy (non-hydrogen) atoms. The van der Waals surface area contributed by atoms with Gasteiger partial charge in [0, 0.05) is 11.3 Å². The Kier molecular flexibility index (Phi) is 6.02. The lowest BCUT2D eigenvalue weighted by atomic mass is 9.48. The fourth-order valence-corrected chi connectivity index (χ4v) is 16.2. The van der Waals surface area contributed by atoms with Gasteiger partial charge >= 0.3 is 0 Å². The normalized spacial score (nSPS) is 42.6. The van der Waals surface area contributed by atoms with Crippen molar-refractivity contribution in [3.05, 3.63) is 81.4 Å². The van der Waals surface area contributed by atoms with E-state index in [1.165, 1.54) is 96.3 Å². The number of fused-ring (bicyclic) bond motifs is 3. The van der Waals surface area contributed by atoms with E-state index in [9.17, 15) is 0 Å². The lowest BCUT2D eigenvalue weighted by Gasteiger charge is -2.57. The third-order valence-electron chi connectivity index (χ3n) is 17.5. The van der Waals surface area contributed by atoms with Gasteiger partial charge in [0.25, 0.3) is 0 Å². The fraction of sp³-hybridized carbons (Fsp3) is 0.673. The predicted molar refractivity (Wildman–Crippen MR) is 204 cm³/mol. The average Bonchev–Trinajstić information content (AvgIpc) is 3.70. The van der Waals surface area contributed by atoms with Gasteiger partial charge in [0.1, 0.15) is 0 Å². The van der Waals surface area contributed by atoms with Crippen molar-refractivity contribution in [3.8, 4) is 11.1 Å². The number of rotatable bonds is 3. The molecule has 11 aliphatic rings. The molecule has 8 fully saturated rings. The Morgan fingerprint density at radius 3 is 1.39 bits per heavy atom. The second kappa shape index (κ2) is 9.66. The minimum Gasteiger partial charge on any atom is -0.0623 e. The first-order valence-electron chi connectivity index (χ1n) is 21.1. The van der Waals surface area contributed by atoms with Crippen molar-refractivity contribution >= 4 is 0 Å².